The molecule has 0 fully saturated rings. The van der Waals surface area contributed by atoms with E-state index in [4.69, 9.17) is 3.80 Å². The van der Waals surface area contributed by atoms with Crippen LogP contribution in [-0.4, -0.2) is 97.2 Å². The predicted octanol–water partition coefficient (Wildman–Crippen LogP) is -1.90. The fourth-order valence-electron chi connectivity index (χ4n) is 0. The maximum atomic E-state index is 8.28. The Kier molecular flexibility index (Phi) is 145. The van der Waals surface area contributed by atoms with Gasteiger partial charge in [0, 0.05) is 0 Å². The van der Waals surface area contributed by atoms with Crippen LogP contribution in [0.5, 0.6) is 0 Å². The van der Waals surface area contributed by atoms with Crippen molar-refractivity contribution in [3.8, 4) is 0 Å². The summed E-state index contributed by atoms with van der Waals surface area (Å²) in [4.78, 5) is 0. The van der Waals surface area contributed by atoms with E-state index in [-0.39, 0.29) is 86.7 Å². The molecule has 0 saturated carbocycles. The van der Waals surface area contributed by atoms with Gasteiger partial charge in [0.1, 0.15) is 0 Å². The zero-order chi connectivity index (χ0) is 2.00. The molecule has 0 radical (unpaired) electrons. The van der Waals surface area contributed by atoms with Gasteiger partial charge in [0.25, 0.3) is 0 Å². The molecule has 0 heterocycles. The van der Waals surface area contributed by atoms with Gasteiger partial charge in [-0.05, 0) is 0 Å². The minimum atomic E-state index is 0. The van der Waals surface area contributed by atoms with Crippen LogP contribution in [0.3, 0.4) is 0 Å². The Hall–Kier alpha value is 2.81. The van der Waals surface area contributed by atoms with Crippen LogP contribution in [0.1, 0.15) is 5.71 Å². The van der Waals surface area contributed by atoms with E-state index in [1.165, 1.54) is 0 Å². The first-order valence-electron chi connectivity index (χ1n) is 0.289. The summed E-state index contributed by atoms with van der Waals surface area (Å²) in [5, 5.41) is 0. The molecule has 0 aromatic rings. The summed E-state index contributed by atoms with van der Waals surface area (Å²) in [6, 6.07) is 0. The molecule has 0 saturated heterocycles. The Labute approximate surface area is 105 Å². The number of hydrogen-bond acceptors (Lipinski definition) is 1. The van der Waals surface area contributed by atoms with Crippen molar-refractivity contribution in [2.45, 2.75) is 0 Å². The van der Waals surface area contributed by atoms with Crippen molar-refractivity contribution in [3.05, 3.63) is 0 Å². The zero-order valence-electron chi connectivity index (χ0n) is 7.03. The third-order valence-corrected chi connectivity index (χ3v) is 0. The van der Waals surface area contributed by atoms with Crippen LogP contribution in [0.15, 0.2) is 0 Å². The van der Waals surface area contributed by atoms with Crippen LogP contribution in [0.2, 0.25) is 0 Å². The standard InChI is InChI=1S/Al.2Ca.H2O.O.5H/h;;;1H2;;;;;;/q;2*+2;;;;4*-1. The summed E-state index contributed by atoms with van der Waals surface area (Å²) in [5.41, 5.74) is 0. The normalized spacial score (nSPS) is 0.600. The van der Waals surface area contributed by atoms with Crippen LogP contribution >= 0.6 is 0 Å². The first kappa shape index (κ1) is 24.9. The second-order valence-corrected chi connectivity index (χ2v) is 0. The molecule has 0 aliphatic heterocycles. The SMILES string of the molecule is O.[Ca+2].[Ca+2].[H-].[H-].[H-].[H-].[O]=[AlH]. The molecular formula is H7AlCa2O2. The van der Waals surface area contributed by atoms with E-state index in [0.717, 1.165) is 0 Å². The Morgan fingerprint density at radius 3 is 1.20 bits per heavy atom. The van der Waals surface area contributed by atoms with Gasteiger partial charge in [-0.2, -0.15) is 0 Å². The van der Waals surface area contributed by atoms with Gasteiger partial charge in [-0.3, -0.25) is 0 Å². The molecule has 26 valence electrons. The van der Waals surface area contributed by atoms with Crippen molar-refractivity contribution in [2.75, 3.05) is 0 Å². The van der Waals surface area contributed by atoms with Crippen molar-refractivity contribution in [2.24, 2.45) is 0 Å². The van der Waals surface area contributed by atoms with Gasteiger partial charge >= 0.3 is 95.5 Å². The molecule has 5 heteroatoms. The Bertz CT molecular complexity index is 16.5. The van der Waals surface area contributed by atoms with Gasteiger partial charge in [0.05, 0.1) is 0 Å². The molecule has 2 nitrogen and oxygen atoms in total. The van der Waals surface area contributed by atoms with Gasteiger partial charge < -0.3 is 11.2 Å². The molecule has 0 atom stereocenters. The third kappa shape index (κ3) is 19.9. The van der Waals surface area contributed by atoms with E-state index in [1.807, 2.05) is 0 Å². The average Bonchev–Trinajstić information content (AvgIpc) is 1.00. The van der Waals surface area contributed by atoms with Crippen molar-refractivity contribution in [1.82, 2.24) is 0 Å². The van der Waals surface area contributed by atoms with E-state index in [9.17, 15) is 0 Å². The molecule has 5 heavy (non-hydrogen) atoms. The first-order chi connectivity index (χ1) is 1.00. The zero-order valence-corrected chi connectivity index (χ0v) is 8.86. The summed E-state index contributed by atoms with van der Waals surface area (Å²) < 4.78 is 8.28. The fraction of sp³-hybridized carbons (Fsp3) is 0. The van der Waals surface area contributed by atoms with Crippen LogP contribution in [-0.2, 0) is 3.80 Å². The first-order valence-corrected chi connectivity index (χ1v) is 0.866. The quantitative estimate of drug-likeness (QED) is 0.368. The summed E-state index contributed by atoms with van der Waals surface area (Å²) in [6.45, 7) is 0. The Morgan fingerprint density at radius 2 is 1.20 bits per heavy atom. The van der Waals surface area contributed by atoms with Gasteiger partial charge in [-0.1, -0.05) is 0 Å². The average molecular weight is 146 g/mol. The van der Waals surface area contributed by atoms with E-state index >= 15 is 0 Å². The van der Waals surface area contributed by atoms with Crippen LogP contribution in [0.25, 0.3) is 0 Å². The predicted molar refractivity (Wildman–Crippen MR) is 27.4 cm³/mol. The topological polar surface area (TPSA) is 48.6 Å². The molecule has 0 rings (SSSR count). The molecule has 0 bridgehead atoms. The molecule has 0 aromatic carbocycles. The van der Waals surface area contributed by atoms with Crippen LogP contribution < -0.4 is 0 Å². The fourth-order valence-corrected chi connectivity index (χ4v) is 0. The van der Waals surface area contributed by atoms with E-state index in [1.54, 1.807) is 0 Å². The van der Waals surface area contributed by atoms with E-state index < -0.39 is 0 Å². The third-order valence-electron chi connectivity index (χ3n) is 0. The second-order valence-electron chi connectivity index (χ2n) is 0. The van der Waals surface area contributed by atoms with Gasteiger partial charge in [-0.15, -0.1) is 0 Å². The number of hydrogen-bond donors (Lipinski definition) is 0. The summed E-state index contributed by atoms with van der Waals surface area (Å²) in [6.07, 6.45) is 0. The van der Waals surface area contributed by atoms with E-state index in [0.29, 0.717) is 16.2 Å². The molecule has 0 aliphatic carbocycles. The van der Waals surface area contributed by atoms with E-state index in [2.05, 4.69) is 0 Å². The summed E-state index contributed by atoms with van der Waals surface area (Å²) in [7, 11) is 0. The van der Waals surface area contributed by atoms with Gasteiger partial charge in [-0.25, -0.2) is 0 Å². The second kappa shape index (κ2) is 29.1. The van der Waals surface area contributed by atoms with Crippen LogP contribution in [0.4, 0.5) is 0 Å². The van der Waals surface area contributed by atoms with Crippen molar-refractivity contribution in [1.29, 1.82) is 0 Å². The monoisotopic (exact) mass is 146 g/mol. The van der Waals surface area contributed by atoms with Crippen LogP contribution in [0, 0.1) is 0 Å². The summed E-state index contributed by atoms with van der Waals surface area (Å²) >= 11 is 0.611. The molecular weight excluding hydrogens is 139 g/mol. The van der Waals surface area contributed by atoms with Crippen molar-refractivity contribution >= 4 is 91.7 Å². The number of rotatable bonds is 0. The molecule has 0 aliphatic rings. The minimum absolute atomic E-state index is 0. The molecule has 2 N–H and O–H groups in total. The molecule has 0 spiro atoms. The maximum absolute atomic E-state index is 8.28. The molecule has 0 amide bonds. The molecule has 0 unspecified atom stereocenters. The Balaban J connectivity index is -0.000000000238. The van der Waals surface area contributed by atoms with Gasteiger partial charge in [0.15, 0.2) is 0 Å². The van der Waals surface area contributed by atoms with Crippen molar-refractivity contribution < 1.29 is 15.0 Å². The Morgan fingerprint density at radius 1 is 1.20 bits per heavy atom. The molecule has 0 aromatic heterocycles. The van der Waals surface area contributed by atoms with Gasteiger partial charge in [0.2, 0.25) is 0 Å². The summed E-state index contributed by atoms with van der Waals surface area (Å²) in [5.74, 6) is 0. The van der Waals surface area contributed by atoms with Crippen molar-refractivity contribution in [3.63, 3.8) is 0 Å².